The first-order valence-electron chi connectivity index (χ1n) is 5.46. The van der Waals surface area contributed by atoms with Gasteiger partial charge in [0, 0.05) is 18.7 Å². The molecule has 1 atom stereocenters. The molecule has 0 bridgehead atoms. The summed E-state index contributed by atoms with van der Waals surface area (Å²) >= 11 is 3.01. The zero-order valence-corrected chi connectivity index (χ0v) is 11.0. The number of hydrogen-bond acceptors (Lipinski definition) is 2. The molecule has 4 nitrogen and oxygen atoms in total. The lowest BCUT2D eigenvalue weighted by Crippen LogP contribution is -2.30. The molecular weight excluding hydrogens is 305 g/mol. The highest BCUT2D eigenvalue weighted by Gasteiger charge is 2.31. The van der Waals surface area contributed by atoms with Gasteiger partial charge in [-0.25, -0.2) is 4.39 Å². The molecule has 6 heteroatoms. The van der Waals surface area contributed by atoms with Gasteiger partial charge in [0.1, 0.15) is 5.82 Å². The summed E-state index contributed by atoms with van der Waals surface area (Å²) in [4.78, 5) is 24.3. The molecule has 1 aromatic rings. The second-order valence-corrected chi connectivity index (χ2v) is 5.06. The monoisotopic (exact) mass is 315 g/mol. The minimum Gasteiger partial charge on any atom is -0.481 e. The van der Waals surface area contributed by atoms with E-state index in [1.54, 1.807) is 0 Å². The number of halogens is 2. The average Bonchev–Trinajstić information content (AvgIpc) is 2.81. The van der Waals surface area contributed by atoms with Crippen molar-refractivity contribution in [1.29, 1.82) is 0 Å². The van der Waals surface area contributed by atoms with Crippen molar-refractivity contribution in [2.45, 2.75) is 6.42 Å². The maximum atomic E-state index is 13.3. The second-order valence-electron chi connectivity index (χ2n) is 4.20. The van der Waals surface area contributed by atoms with Crippen LogP contribution >= 0.6 is 15.9 Å². The number of nitrogens with zero attached hydrogens (tertiary/aromatic N) is 1. The third kappa shape index (κ3) is 2.53. The average molecular weight is 316 g/mol. The molecule has 1 amide bonds. The molecule has 0 aliphatic carbocycles. The van der Waals surface area contributed by atoms with Crippen molar-refractivity contribution < 1.29 is 19.1 Å². The standard InChI is InChI=1S/C12H11BrFNO3/c13-9-2-1-7(5-10(9)14)11(16)15-4-3-8(6-15)12(17)18/h1-2,5,8H,3-4,6H2,(H,17,18)/t8-/m0/s1. The smallest absolute Gasteiger partial charge is 0.308 e. The maximum Gasteiger partial charge on any atom is 0.308 e. The summed E-state index contributed by atoms with van der Waals surface area (Å²) in [5.41, 5.74) is 0.238. The van der Waals surface area contributed by atoms with E-state index in [2.05, 4.69) is 15.9 Å². The van der Waals surface area contributed by atoms with E-state index in [-0.39, 0.29) is 18.0 Å². The van der Waals surface area contributed by atoms with Gasteiger partial charge in [0.2, 0.25) is 0 Å². The Balaban J connectivity index is 2.12. The fourth-order valence-corrected chi connectivity index (χ4v) is 2.20. The molecule has 96 valence electrons. The van der Waals surface area contributed by atoms with Crippen molar-refractivity contribution in [2.75, 3.05) is 13.1 Å². The number of carboxylic acids is 1. The third-order valence-corrected chi connectivity index (χ3v) is 3.63. The predicted octanol–water partition coefficient (Wildman–Crippen LogP) is 2.13. The van der Waals surface area contributed by atoms with E-state index in [0.717, 1.165) is 6.07 Å². The van der Waals surface area contributed by atoms with E-state index in [1.165, 1.54) is 17.0 Å². The zero-order chi connectivity index (χ0) is 13.3. The fourth-order valence-electron chi connectivity index (χ4n) is 1.96. The summed E-state index contributed by atoms with van der Waals surface area (Å²) in [6.07, 6.45) is 0.445. The maximum absolute atomic E-state index is 13.3. The normalized spacial score (nSPS) is 19.0. The van der Waals surface area contributed by atoms with E-state index in [4.69, 9.17) is 5.11 Å². The van der Waals surface area contributed by atoms with Gasteiger partial charge < -0.3 is 10.0 Å². The largest absolute Gasteiger partial charge is 0.481 e. The third-order valence-electron chi connectivity index (χ3n) is 2.99. The van der Waals surface area contributed by atoms with E-state index in [1.807, 2.05) is 0 Å². The Bertz CT molecular complexity index is 506. The molecule has 0 unspecified atom stereocenters. The quantitative estimate of drug-likeness (QED) is 0.909. The lowest BCUT2D eigenvalue weighted by Gasteiger charge is -2.15. The van der Waals surface area contributed by atoms with E-state index in [9.17, 15) is 14.0 Å². The minimum absolute atomic E-state index is 0.186. The molecule has 1 heterocycles. The van der Waals surface area contributed by atoms with Crippen molar-refractivity contribution in [3.05, 3.63) is 34.1 Å². The van der Waals surface area contributed by atoms with Crippen molar-refractivity contribution in [2.24, 2.45) is 5.92 Å². The van der Waals surface area contributed by atoms with Crippen LogP contribution in [0.25, 0.3) is 0 Å². The van der Waals surface area contributed by atoms with Gasteiger partial charge in [0.25, 0.3) is 5.91 Å². The van der Waals surface area contributed by atoms with Crippen molar-refractivity contribution in [1.82, 2.24) is 4.90 Å². The Morgan fingerprint density at radius 1 is 1.44 bits per heavy atom. The van der Waals surface area contributed by atoms with Crippen LogP contribution < -0.4 is 0 Å². The number of benzene rings is 1. The molecule has 2 rings (SSSR count). The number of amides is 1. The van der Waals surface area contributed by atoms with E-state index in [0.29, 0.717) is 17.4 Å². The summed E-state index contributed by atoms with van der Waals surface area (Å²) in [5, 5.41) is 8.86. The molecule has 1 aliphatic rings. The number of carbonyl (C=O) groups excluding carboxylic acids is 1. The summed E-state index contributed by atoms with van der Waals surface area (Å²) in [6, 6.07) is 4.14. The molecule has 0 spiro atoms. The number of likely N-dealkylation sites (tertiary alicyclic amines) is 1. The van der Waals surface area contributed by atoms with E-state index >= 15 is 0 Å². The molecule has 1 N–H and O–H groups in total. The molecule has 1 aromatic carbocycles. The van der Waals surface area contributed by atoms with Crippen molar-refractivity contribution >= 4 is 27.8 Å². The molecule has 1 fully saturated rings. The summed E-state index contributed by atoms with van der Waals surface area (Å²) in [7, 11) is 0. The molecule has 0 radical (unpaired) electrons. The zero-order valence-electron chi connectivity index (χ0n) is 9.40. The van der Waals surface area contributed by atoms with Gasteiger partial charge in [-0.2, -0.15) is 0 Å². The van der Waals surface area contributed by atoms with Crippen molar-refractivity contribution in [3.8, 4) is 0 Å². The first-order valence-corrected chi connectivity index (χ1v) is 6.25. The first kappa shape index (κ1) is 13.0. The molecule has 0 aromatic heterocycles. The number of rotatable bonds is 2. The van der Waals surface area contributed by atoms with Crippen molar-refractivity contribution in [3.63, 3.8) is 0 Å². The van der Waals surface area contributed by atoms with Gasteiger partial charge in [-0.05, 0) is 40.5 Å². The van der Waals surface area contributed by atoms with Crippen LogP contribution in [0.15, 0.2) is 22.7 Å². The van der Waals surface area contributed by atoms with Gasteiger partial charge in [-0.15, -0.1) is 0 Å². The molecule has 1 saturated heterocycles. The van der Waals surface area contributed by atoms with Crippen LogP contribution in [0.4, 0.5) is 4.39 Å². The second kappa shape index (κ2) is 5.06. The fraction of sp³-hybridized carbons (Fsp3) is 0.333. The van der Waals surface area contributed by atoms with Crippen LogP contribution in [0.5, 0.6) is 0 Å². The van der Waals surface area contributed by atoms with Gasteiger partial charge in [0.05, 0.1) is 10.4 Å². The van der Waals surface area contributed by atoms with E-state index < -0.39 is 17.7 Å². The Hall–Kier alpha value is -1.43. The SMILES string of the molecule is O=C(O)[C@H]1CCN(C(=O)c2ccc(Br)c(F)c2)C1. The van der Waals surface area contributed by atoms with Gasteiger partial charge in [-0.1, -0.05) is 0 Å². The molecule has 0 saturated carbocycles. The highest BCUT2D eigenvalue weighted by atomic mass is 79.9. The Kier molecular flexibility index (Phi) is 3.65. The van der Waals surface area contributed by atoms with Crippen LogP contribution in [0.3, 0.4) is 0 Å². The number of carbonyl (C=O) groups is 2. The van der Waals surface area contributed by atoms with Crippen LogP contribution in [-0.4, -0.2) is 35.0 Å². The lowest BCUT2D eigenvalue weighted by molar-refractivity contribution is -0.141. The van der Waals surface area contributed by atoms with Crippen LogP contribution in [0.2, 0.25) is 0 Å². The Labute approximate surface area is 112 Å². The molecular formula is C12H11BrFNO3. The minimum atomic E-state index is -0.896. The van der Waals surface area contributed by atoms with Gasteiger partial charge in [-0.3, -0.25) is 9.59 Å². The first-order chi connectivity index (χ1) is 8.49. The van der Waals surface area contributed by atoms with Crippen LogP contribution in [0, 0.1) is 11.7 Å². The molecule has 18 heavy (non-hydrogen) atoms. The number of hydrogen-bond donors (Lipinski definition) is 1. The summed E-state index contributed by atoms with van der Waals surface area (Å²) in [6.45, 7) is 0.583. The Morgan fingerprint density at radius 3 is 2.72 bits per heavy atom. The summed E-state index contributed by atoms with van der Waals surface area (Å²) in [5.74, 6) is -2.25. The van der Waals surface area contributed by atoms with Crippen LogP contribution in [-0.2, 0) is 4.79 Å². The van der Waals surface area contributed by atoms with Crippen LogP contribution in [0.1, 0.15) is 16.8 Å². The summed E-state index contributed by atoms with van der Waals surface area (Å²) < 4.78 is 13.6. The predicted molar refractivity (Wildman–Crippen MR) is 65.7 cm³/mol. The highest BCUT2D eigenvalue weighted by Crippen LogP contribution is 2.21. The Morgan fingerprint density at radius 2 is 2.17 bits per heavy atom. The number of carboxylic acid groups (broad SMARTS) is 1. The topological polar surface area (TPSA) is 57.6 Å². The molecule has 1 aliphatic heterocycles. The lowest BCUT2D eigenvalue weighted by atomic mass is 10.1. The highest BCUT2D eigenvalue weighted by molar-refractivity contribution is 9.10. The number of aliphatic carboxylic acids is 1. The van der Waals surface area contributed by atoms with Gasteiger partial charge >= 0.3 is 5.97 Å². The van der Waals surface area contributed by atoms with Gasteiger partial charge in [0.15, 0.2) is 0 Å².